The molecule has 0 atom stereocenters. The quantitative estimate of drug-likeness (QED) is 0.864. The molecule has 2 rings (SSSR count). The van der Waals surface area contributed by atoms with Crippen LogP contribution in [0.25, 0.3) is 0 Å². The second-order valence-corrected chi connectivity index (χ2v) is 8.04. The van der Waals surface area contributed by atoms with E-state index < -0.39 is 21.4 Å². The fourth-order valence-corrected chi connectivity index (χ4v) is 3.85. The molecule has 0 spiro atoms. The van der Waals surface area contributed by atoms with Crippen molar-refractivity contribution >= 4 is 26.0 Å². The predicted molar refractivity (Wildman–Crippen MR) is 77.3 cm³/mol. The van der Waals surface area contributed by atoms with Gasteiger partial charge in [-0.25, -0.2) is 17.5 Å². The standard InChI is InChI=1S/C13H17BrFNO3S/c1-13(17)6-4-9(5-7-13)16-20(18,19)10-2-3-11(14)12(15)8-10/h2-3,8-9,16-17H,4-7H2,1H3/t9-,13-. The van der Waals surface area contributed by atoms with Gasteiger partial charge in [0.05, 0.1) is 15.0 Å². The van der Waals surface area contributed by atoms with Gasteiger partial charge in [-0.2, -0.15) is 0 Å². The summed E-state index contributed by atoms with van der Waals surface area (Å²) < 4.78 is 40.6. The molecule has 1 saturated carbocycles. The van der Waals surface area contributed by atoms with E-state index in [1.165, 1.54) is 12.1 Å². The lowest BCUT2D eigenvalue weighted by molar-refractivity contribution is 0.0163. The molecule has 0 bridgehead atoms. The number of aliphatic hydroxyl groups is 1. The molecule has 1 fully saturated rings. The Bertz CT molecular complexity index is 594. The van der Waals surface area contributed by atoms with Crippen molar-refractivity contribution in [3.63, 3.8) is 0 Å². The van der Waals surface area contributed by atoms with Crippen LogP contribution in [-0.4, -0.2) is 25.2 Å². The van der Waals surface area contributed by atoms with Gasteiger partial charge in [0.2, 0.25) is 10.0 Å². The van der Waals surface area contributed by atoms with E-state index in [9.17, 15) is 17.9 Å². The van der Waals surface area contributed by atoms with Gasteiger partial charge in [-0.1, -0.05) is 0 Å². The zero-order chi connectivity index (χ0) is 15.0. The Morgan fingerprint density at radius 2 is 2.00 bits per heavy atom. The average Bonchev–Trinajstić information content (AvgIpc) is 2.35. The van der Waals surface area contributed by atoms with Crippen LogP contribution >= 0.6 is 15.9 Å². The number of halogens is 2. The third kappa shape index (κ3) is 3.78. The normalized spacial score (nSPS) is 27.5. The maximum absolute atomic E-state index is 13.4. The molecular formula is C13H17BrFNO3S. The van der Waals surface area contributed by atoms with E-state index in [0.717, 1.165) is 6.07 Å². The summed E-state index contributed by atoms with van der Waals surface area (Å²) >= 11 is 2.99. The molecule has 20 heavy (non-hydrogen) atoms. The lowest BCUT2D eigenvalue weighted by Crippen LogP contribution is -2.42. The summed E-state index contributed by atoms with van der Waals surface area (Å²) in [6.45, 7) is 1.75. The van der Waals surface area contributed by atoms with Crippen molar-refractivity contribution < 1.29 is 17.9 Å². The van der Waals surface area contributed by atoms with E-state index in [2.05, 4.69) is 20.7 Å². The van der Waals surface area contributed by atoms with E-state index in [1.54, 1.807) is 6.92 Å². The molecule has 4 nitrogen and oxygen atoms in total. The number of sulfonamides is 1. The molecule has 1 aliphatic carbocycles. The highest BCUT2D eigenvalue weighted by molar-refractivity contribution is 9.10. The molecule has 0 heterocycles. The minimum absolute atomic E-state index is 0.0875. The van der Waals surface area contributed by atoms with Crippen LogP contribution in [0.1, 0.15) is 32.6 Å². The van der Waals surface area contributed by atoms with Crippen LogP contribution < -0.4 is 4.72 Å². The Morgan fingerprint density at radius 3 is 2.55 bits per heavy atom. The van der Waals surface area contributed by atoms with Crippen molar-refractivity contribution in [2.75, 3.05) is 0 Å². The predicted octanol–water partition coefficient (Wildman–Crippen LogP) is 2.56. The van der Waals surface area contributed by atoms with Crippen molar-refractivity contribution in [3.05, 3.63) is 28.5 Å². The molecule has 0 aliphatic heterocycles. The zero-order valence-corrected chi connectivity index (χ0v) is 13.5. The van der Waals surface area contributed by atoms with Crippen molar-refractivity contribution in [1.82, 2.24) is 4.72 Å². The van der Waals surface area contributed by atoms with Crippen LogP contribution in [0.4, 0.5) is 4.39 Å². The molecule has 0 saturated heterocycles. The van der Waals surface area contributed by atoms with Gasteiger partial charge in [-0.15, -0.1) is 0 Å². The first kappa shape index (κ1) is 15.9. The lowest BCUT2D eigenvalue weighted by Gasteiger charge is -2.33. The van der Waals surface area contributed by atoms with E-state index in [0.29, 0.717) is 25.7 Å². The smallest absolute Gasteiger partial charge is 0.240 e. The Labute approximate surface area is 126 Å². The minimum atomic E-state index is -3.73. The monoisotopic (exact) mass is 365 g/mol. The Balaban J connectivity index is 2.10. The van der Waals surface area contributed by atoms with E-state index in [4.69, 9.17) is 0 Å². The molecule has 1 aromatic carbocycles. The maximum Gasteiger partial charge on any atom is 0.240 e. The van der Waals surface area contributed by atoms with E-state index in [1.807, 2.05) is 0 Å². The highest BCUT2D eigenvalue weighted by Gasteiger charge is 2.31. The highest BCUT2D eigenvalue weighted by atomic mass is 79.9. The summed E-state index contributed by atoms with van der Waals surface area (Å²) in [6.07, 6.45) is 2.25. The topological polar surface area (TPSA) is 66.4 Å². The third-order valence-electron chi connectivity index (χ3n) is 3.59. The Hall–Kier alpha value is -0.500. The largest absolute Gasteiger partial charge is 0.390 e. The number of rotatable bonds is 3. The summed E-state index contributed by atoms with van der Waals surface area (Å²) in [4.78, 5) is -0.0875. The van der Waals surface area contributed by atoms with Gasteiger partial charge in [0.15, 0.2) is 0 Å². The number of hydrogen-bond donors (Lipinski definition) is 2. The maximum atomic E-state index is 13.4. The second-order valence-electron chi connectivity index (χ2n) is 5.47. The molecule has 2 N–H and O–H groups in total. The molecule has 1 aliphatic rings. The van der Waals surface area contributed by atoms with Gasteiger partial charge >= 0.3 is 0 Å². The SMILES string of the molecule is C[C@]1(O)CC[C@H](NS(=O)(=O)c2ccc(Br)c(F)c2)CC1. The summed E-state index contributed by atoms with van der Waals surface area (Å²) in [5.41, 5.74) is -0.717. The van der Waals surface area contributed by atoms with E-state index in [-0.39, 0.29) is 15.4 Å². The minimum Gasteiger partial charge on any atom is -0.390 e. The first-order chi connectivity index (χ1) is 9.20. The molecule has 0 aromatic heterocycles. The fraction of sp³-hybridized carbons (Fsp3) is 0.538. The van der Waals surface area contributed by atoms with Gasteiger partial charge in [0.1, 0.15) is 5.82 Å². The van der Waals surface area contributed by atoms with Gasteiger partial charge < -0.3 is 5.11 Å². The van der Waals surface area contributed by atoms with Gasteiger partial charge in [-0.3, -0.25) is 0 Å². The highest BCUT2D eigenvalue weighted by Crippen LogP contribution is 2.28. The zero-order valence-electron chi connectivity index (χ0n) is 11.1. The summed E-state index contributed by atoms with van der Waals surface area (Å²) in [6, 6.07) is 3.50. The van der Waals surface area contributed by atoms with Crippen molar-refractivity contribution in [1.29, 1.82) is 0 Å². The van der Waals surface area contributed by atoms with Crippen LogP contribution in [0, 0.1) is 5.82 Å². The van der Waals surface area contributed by atoms with Gasteiger partial charge in [0.25, 0.3) is 0 Å². The number of benzene rings is 1. The van der Waals surface area contributed by atoms with Crippen LogP contribution in [0.15, 0.2) is 27.6 Å². The third-order valence-corrected chi connectivity index (χ3v) is 5.75. The van der Waals surface area contributed by atoms with Crippen molar-refractivity contribution in [2.24, 2.45) is 0 Å². The molecular weight excluding hydrogens is 349 g/mol. The summed E-state index contributed by atoms with van der Waals surface area (Å²) in [5.74, 6) is -0.612. The number of hydrogen-bond acceptors (Lipinski definition) is 3. The van der Waals surface area contributed by atoms with Crippen LogP contribution in [0.3, 0.4) is 0 Å². The molecule has 0 amide bonds. The molecule has 112 valence electrons. The molecule has 1 aromatic rings. The van der Waals surface area contributed by atoms with Crippen LogP contribution in [-0.2, 0) is 10.0 Å². The van der Waals surface area contributed by atoms with E-state index >= 15 is 0 Å². The summed E-state index contributed by atoms with van der Waals surface area (Å²) in [5, 5.41) is 9.84. The van der Waals surface area contributed by atoms with Crippen LogP contribution in [0.2, 0.25) is 0 Å². The first-order valence-electron chi connectivity index (χ1n) is 6.39. The second kappa shape index (κ2) is 5.71. The Morgan fingerprint density at radius 1 is 1.40 bits per heavy atom. The van der Waals surface area contributed by atoms with Gasteiger partial charge in [0, 0.05) is 6.04 Å². The summed E-state index contributed by atoms with van der Waals surface area (Å²) in [7, 11) is -3.73. The van der Waals surface area contributed by atoms with Crippen molar-refractivity contribution in [2.45, 2.75) is 49.1 Å². The molecule has 0 radical (unpaired) electrons. The Kier molecular flexibility index (Phi) is 4.53. The van der Waals surface area contributed by atoms with Gasteiger partial charge in [-0.05, 0) is 66.7 Å². The van der Waals surface area contributed by atoms with Crippen molar-refractivity contribution in [3.8, 4) is 0 Å². The molecule has 7 heteroatoms. The average molecular weight is 366 g/mol. The van der Waals surface area contributed by atoms with Crippen LogP contribution in [0.5, 0.6) is 0 Å². The molecule has 0 unspecified atom stereocenters. The first-order valence-corrected chi connectivity index (χ1v) is 8.67. The number of nitrogens with one attached hydrogen (secondary N) is 1. The fourth-order valence-electron chi connectivity index (χ4n) is 2.29. The lowest BCUT2D eigenvalue weighted by atomic mass is 9.84.